The minimum atomic E-state index is 0.446. The van der Waals surface area contributed by atoms with Gasteiger partial charge in [0.2, 0.25) is 0 Å². The molecule has 1 nitrogen and oxygen atoms in total. The molecule has 2 unspecified atom stereocenters. The van der Waals surface area contributed by atoms with E-state index >= 15 is 0 Å². The SMILES string of the molecule is CCCC(C)Cc1cccc(C(C)NC)c1. The number of hydrogen-bond acceptors (Lipinski definition) is 1. The minimum absolute atomic E-state index is 0.446. The van der Waals surface area contributed by atoms with Crippen LogP contribution in [-0.2, 0) is 6.42 Å². The molecule has 0 bridgehead atoms. The second-order valence-electron chi connectivity index (χ2n) is 4.85. The Labute approximate surface area is 100 Å². The Balaban J connectivity index is 2.67. The molecule has 0 aliphatic rings. The van der Waals surface area contributed by atoms with Crippen molar-refractivity contribution in [1.82, 2.24) is 5.32 Å². The molecule has 1 aromatic carbocycles. The highest BCUT2D eigenvalue weighted by Crippen LogP contribution is 2.18. The third-order valence-electron chi connectivity index (χ3n) is 3.25. The average Bonchev–Trinajstić information content (AvgIpc) is 2.28. The molecule has 0 amide bonds. The van der Waals surface area contributed by atoms with Crippen molar-refractivity contribution in [2.24, 2.45) is 5.92 Å². The topological polar surface area (TPSA) is 12.0 Å². The molecule has 0 aliphatic heterocycles. The van der Waals surface area contributed by atoms with E-state index in [1.54, 1.807) is 0 Å². The summed E-state index contributed by atoms with van der Waals surface area (Å²) in [4.78, 5) is 0. The molecule has 2 atom stereocenters. The average molecular weight is 219 g/mol. The van der Waals surface area contributed by atoms with Gasteiger partial charge in [0.05, 0.1) is 0 Å². The van der Waals surface area contributed by atoms with Crippen molar-refractivity contribution in [2.45, 2.75) is 46.1 Å². The molecule has 0 saturated carbocycles. The van der Waals surface area contributed by atoms with Gasteiger partial charge in [-0.05, 0) is 37.4 Å². The van der Waals surface area contributed by atoms with Gasteiger partial charge in [0.15, 0.2) is 0 Å². The van der Waals surface area contributed by atoms with Crippen molar-refractivity contribution in [1.29, 1.82) is 0 Å². The second kappa shape index (κ2) is 6.70. The van der Waals surface area contributed by atoms with Gasteiger partial charge in [0.1, 0.15) is 0 Å². The van der Waals surface area contributed by atoms with Gasteiger partial charge >= 0.3 is 0 Å². The molecule has 0 fully saturated rings. The van der Waals surface area contributed by atoms with Crippen LogP contribution in [0.5, 0.6) is 0 Å². The lowest BCUT2D eigenvalue weighted by atomic mass is 9.95. The summed E-state index contributed by atoms with van der Waals surface area (Å²) in [6.45, 7) is 6.81. The fourth-order valence-corrected chi connectivity index (χ4v) is 2.15. The second-order valence-corrected chi connectivity index (χ2v) is 4.85. The summed E-state index contributed by atoms with van der Waals surface area (Å²) >= 11 is 0. The van der Waals surface area contributed by atoms with Crippen molar-refractivity contribution in [3.63, 3.8) is 0 Å². The highest BCUT2D eigenvalue weighted by molar-refractivity contribution is 5.26. The number of nitrogens with one attached hydrogen (secondary N) is 1. The first-order chi connectivity index (χ1) is 7.67. The summed E-state index contributed by atoms with van der Waals surface area (Å²) in [5, 5.41) is 3.29. The van der Waals surface area contributed by atoms with E-state index in [2.05, 4.69) is 50.4 Å². The van der Waals surface area contributed by atoms with Crippen LogP contribution in [0.1, 0.15) is 50.8 Å². The minimum Gasteiger partial charge on any atom is -0.313 e. The Morgan fingerprint density at radius 3 is 2.62 bits per heavy atom. The molecule has 1 rings (SSSR count). The van der Waals surface area contributed by atoms with Crippen molar-refractivity contribution in [2.75, 3.05) is 7.05 Å². The van der Waals surface area contributed by atoms with E-state index in [-0.39, 0.29) is 0 Å². The van der Waals surface area contributed by atoms with E-state index in [1.807, 2.05) is 7.05 Å². The van der Waals surface area contributed by atoms with E-state index in [4.69, 9.17) is 0 Å². The van der Waals surface area contributed by atoms with Crippen LogP contribution in [0.25, 0.3) is 0 Å². The zero-order valence-corrected chi connectivity index (χ0v) is 11.1. The lowest BCUT2D eigenvalue weighted by Crippen LogP contribution is -2.12. The quantitative estimate of drug-likeness (QED) is 0.764. The van der Waals surface area contributed by atoms with E-state index in [0.29, 0.717) is 6.04 Å². The Hall–Kier alpha value is -0.820. The summed E-state index contributed by atoms with van der Waals surface area (Å²) < 4.78 is 0. The van der Waals surface area contributed by atoms with Crippen LogP contribution >= 0.6 is 0 Å². The maximum absolute atomic E-state index is 3.29. The molecular formula is C15H25N. The Bertz CT molecular complexity index is 306. The molecule has 0 spiro atoms. The number of rotatable bonds is 6. The molecule has 0 heterocycles. The van der Waals surface area contributed by atoms with E-state index in [0.717, 1.165) is 5.92 Å². The standard InChI is InChI=1S/C15H25N/c1-5-7-12(2)10-14-8-6-9-15(11-14)13(3)16-4/h6,8-9,11-13,16H,5,7,10H2,1-4H3. The smallest absolute Gasteiger partial charge is 0.0289 e. The maximum atomic E-state index is 3.29. The number of benzene rings is 1. The van der Waals surface area contributed by atoms with Gasteiger partial charge in [-0.1, -0.05) is 51.0 Å². The van der Waals surface area contributed by atoms with Crippen LogP contribution in [0.2, 0.25) is 0 Å². The first-order valence-corrected chi connectivity index (χ1v) is 6.43. The summed E-state index contributed by atoms with van der Waals surface area (Å²) in [6, 6.07) is 9.42. The zero-order valence-electron chi connectivity index (χ0n) is 11.1. The molecular weight excluding hydrogens is 194 g/mol. The van der Waals surface area contributed by atoms with Gasteiger partial charge in [-0.25, -0.2) is 0 Å². The van der Waals surface area contributed by atoms with Crippen molar-refractivity contribution < 1.29 is 0 Å². The third kappa shape index (κ3) is 3.97. The molecule has 0 aromatic heterocycles. The molecule has 0 saturated heterocycles. The zero-order chi connectivity index (χ0) is 12.0. The van der Waals surface area contributed by atoms with Crippen molar-refractivity contribution >= 4 is 0 Å². The molecule has 1 heteroatoms. The summed E-state index contributed by atoms with van der Waals surface area (Å²) in [5.41, 5.74) is 2.87. The third-order valence-corrected chi connectivity index (χ3v) is 3.25. The van der Waals surface area contributed by atoms with Gasteiger partial charge in [-0.3, -0.25) is 0 Å². The molecule has 16 heavy (non-hydrogen) atoms. The molecule has 0 radical (unpaired) electrons. The maximum Gasteiger partial charge on any atom is 0.0289 e. The lowest BCUT2D eigenvalue weighted by molar-refractivity contribution is 0.522. The Morgan fingerprint density at radius 2 is 2.00 bits per heavy atom. The summed E-state index contributed by atoms with van der Waals surface area (Å²) in [7, 11) is 2.01. The van der Waals surface area contributed by atoms with Gasteiger partial charge in [-0.15, -0.1) is 0 Å². The summed E-state index contributed by atoms with van der Waals surface area (Å²) in [6.07, 6.45) is 3.82. The van der Waals surface area contributed by atoms with Gasteiger partial charge < -0.3 is 5.32 Å². The fourth-order valence-electron chi connectivity index (χ4n) is 2.15. The lowest BCUT2D eigenvalue weighted by Gasteiger charge is -2.14. The van der Waals surface area contributed by atoms with Crippen LogP contribution in [0.4, 0.5) is 0 Å². The van der Waals surface area contributed by atoms with Crippen molar-refractivity contribution in [3.8, 4) is 0 Å². The van der Waals surface area contributed by atoms with Crippen LogP contribution in [-0.4, -0.2) is 7.05 Å². The predicted molar refractivity (Wildman–Crippen MR) is 71.7 cm³/mol. The van der Waals surface area contributed by atoms with Gasteiger partial charge in [0.25, 0.3) is 0 Å². The molecule has 0 aliphatic carbocycles. The Kier molecular flexibility index (Phi) is 5.54. The first kappa shape index (κ1) is 13.2. The van der Waals surface area contributed by atoms with Gasteiger partial charge in [-0.2, -0.15) is 0 Å². The normalized spacial score (nSPS) is 14.8. The monoisotopic (exact) mass is 219 g/mol. The molecule has 90 valence electrons. The van der Waals surface area contributed by atoms with E-state index < -0.39 is 0 Å². The molecule has 1 N–H and O–H groups in total. The van der Waals surface area contributed by atoms with E-state index in [1.165, 1.54) is 30.4 Å². The van der Waals surface area contributed by atoms with Gasteiger partial charge in [0, 0.05) is 6.04 Å². The largest absolute Gasteiger partial charge is 0.313 e. The number of hydrogen-bond donors (Lipinski definition) is 1. The Morgan fingerprint density at radius 1 is 1.25 bits per heavy atom. The van der Waals surface area contributed by atoms with Crippen LogP contribution < -0.4 is 5.32 Å². The van der Waals surface area contributed by atoms with Crippen LogP contribution in [0, 0.1) is 5.92 Å². The predicted octanol–water partition coefficient (Wildman–Crippen LogP) is 3.95. The van der Waals surface area contributed by atoms with Crippen LogP contribution in [0.15, 0.2) is 24.3 Å². The van der Waals surface area contributed by atoms with E-state index in [9.17, 15) is 0 Å². The fraction of sp³-hybridized carbons (Fsp3) is 0.600. The first-order valence-electron chi connectivity index (χ1n) is 6.43. The van der Waals surface area contributed by atoms with Crippen LogP contribution in [0.3, 0.4) is 0 Å². The highest BCUT2D eigenvalue weighted by atomic mass is 14.8. The summed E-state index contributed by atoms with van der Waals surface area (Å²) in [5.74, 6) is 0.796. The van der Waals surface area contributed by atoms with Crippen molar-refractivity contribution in [3.05, 3.63) is 35.4 Å². The highest BCUT2D eigenvalue weighted by Gasteiger charge is 2.06. The molecule has 1 aromatic rings.